The van der Waals surface area contributed by atoms with Crippen molar-refractivity contribution in [2.45, 2.75) is 24.7 Å². The normalized spacial score (nSPS) is 22.8. The summed E-state index contributed by atoms with van der Waals surface area (Å²) in [6.45, 7) is 5.38. The Balaban J connectivity index is 2.09. The van der Waals surface area contributed by atoms with Gasteiger partial charge in [0.1, 0.15) is 6.07 Å². The van der Waals surface area contributed by atoms with Gasteiger partial charge in [0, 0.05) is 18.0 Å². The van der Waals surface area contributed by atoms with E-state index in [1.807, 2.05) is 24.5 Å². The highest BCUT2D eigenvalue weighted by atomic mass is 32.2. The molecule has 1 heterocycles. The number of piperidine rings is 1. The predicted octanol–water partition coefficient (Wildman–Crippen LogP) is 3.08. The van der Waals surface area contributed by atoms with Crippen LogP contribution in [0.4, 0.5) is 5.69 Å². The average Bonchev–Trinajstić information content (AvgIpc) is 2.45. The third-order valence-corrected chi connectivity index (χ3v) is 4.53. The molecule has 0 saturated carbocycles. The summed E-state index contributed by atoms with van der Waals surface area (Å²) in [5, 5.41) is 16.2. The molecule has 1 saturated heterocycles. The quantitative estimate of drug-likeness (QED) is 0.829. The average molecular weight is 275 g/mol. The number of hydrogen-bond donors (Lipinski definition) is 2. The summed E-state index contributed by atoms with van der Waals surface area (Å²) in [5.41, 5.74) is 2.00. The molecule has 2 rings (SSSR count). The lowest BCUT2D eigenvalue weighted by molar-refractivity contribution is 0.253. The lowest BCUT2D eigenvalue weighted by Gasteiger charge is -2.34. The van der Waals surface area contributed by atoms with Gasteiger partial charge in [0.2, 0.25) is 0 Å². The van der Waals surface area contributed by atoms with Crippen molar-refractivity contribution in [2.75, 3.05) is 31.2 Å². The number of nitrogens with zero attached hydrogens (tertiary/aromatic N) is 1. The molecule has 0 amide bonds. The number of hydrogen-bond acceptors (Lipinski definition) is 4. The summed E-state index contributed by atoms with van der Waals surface area (Å²) in [4.78, 5) is 1.04. The van der Waals surface area contributed by atoms with Crippen LogP contribution in [0.3, 0.4) is 0 Å². The second-order valence-electron chi connectivity index (χ2n) is 5.44. The Bertz CT molecular complexity index is 473. The molecular weight excluding hydrogens is 254 g/mol. The van der Waals surface area contributed by atoms with Gasteiger partial charge in [-0.25, -0.2) is 0 Å². The first-order valence-corrected chi connectivity index (χ1v) is 7.93. The van der Waals surface area contributed by atoms with E-state index >= 15 is 0 Å². The van der Waals surface area contributed by atoms with Gasteiger partial charge in [-0.15, -0.1) is 11.8 Å². The first-order valence-electron chi connectivity index (χ1n) is 6.70. The molecule has 4 heteroatoms. The van der Waals surface area contributed by atoms with Gasteiger partial charge < -0.3 is 10.6 Å². The minimum absolute atomic E-state index is 0.278. The van der Waals surface area contributed by atoms with E-state index in [0.29, 0.717) is 0 Å². The molecule has 0 aliphatic carbocycles. The monoisotopic (exact) mass is 275 g/mol. The molecule has 1 aromatic rings. The summed E-state index contributed by atoms with van der Waals surface area (Å²) in [7, 11) is 0. The Morgan fingerprint density at radius 2 is 2.37 bits per heavy atom. The predicted molar refractivity (Wildman–Crippen MR) is 81.6 cm³/mol. The van der Waals surface area contributed by atoms with Gasteiger partial charge in [0.15, 0.2) is 0 Å². The fraction of sp³-hybridized carbons (Fsp3) is 0.533. The van der Waals surface area contributed by atoms with Crippen LogP contribution in [0.2, 0.25) is 0 Å². The van der Waals surface area contributed by atoms with E-state index < -0.39 is 0 Å². The smallest absolute Gasteiger partial charge is 0.102 e. The first kappa shape index (κ1) is 14.2. The molecule has 1 atom stereocenters. The summed E-state index contributed by atoms with van der Waals surface area (Å²) >= 11 is 1.62. The summed E-state index contributed by atoms with van der Waals surface area (Å²) in [5.74, 6) is 0. The van der Waals surface area contributed by atoms with Crippen LogP contribution >= 0.6 is 11.8 Å². The molecule has 0 bridgehead atoms. The second kappa shape index (κ2) is 6.31. The largest absolute Gasteiger partial charge is 0.383 e. The van der Waals surface area contributed by atoms with Gasteiger partial charge in [-0.3, -0.25) is 0 Å². The van der Waals surface area contributed by atoms with Crippen LogP contribution in [0, 0.1) is 16.7 Å². The summed E-state index contributed by atoms with van der Waals surface area (Å²) in [6.07, 6.45) is 4.47. The van der Waals surface area contributed by atoms with Gasteiger partial charge in [-0.05, 0) is 43.2 Å². The molecule has 0 radical (unpaired) electrons. The van der Waals surface area contributed by atoms with E-state index in [9.17, 15) is 5.26 Å². The Kier molecular flexibility index (Phi) is 4.73. The molecule has 0 aromatic heterocycles. The zero-order valence-electron chi connectivity index (χ0n) is 11.6. The van der Waals surface area contributed by atoms with Crippen molar-refractivity contribution in [3.63, 3.8) is 0 Å². The van der Waals surface area contributed by atoms with Crippen LogP contribution in [0.5, 0.6) is 0 Å². The van der Waals surface area contributed by atoms with Crippen molar-refractivity contribution < 1.29 is 0 Å². The van der Waals surface area contributed by atoms with Gasteiger partial charge in [0.05, 0.1) is 11.3 Å². The number of thioether (sulfide) groups is 1. The van der Waals surface area contributed by atoms with Crippen molar-refractivity contribution in [1.82, 2.24) is 5.32 Å². The number of nitrogens with one attached hydrogen (secondary N) is 2. The Morgan fingerprint density at radius 3 is 3.00 bits per heavy atom. The van der Waals surface area contributed by atoms with Crippen molar-refractivity contribution in [3.05, 3.63) is 23.8 Å². The number of benzene rings is 1. The topological polar surface area (TPSA) is 47.8 Å². The van der Waals surface area contributed by atoms with Crippen LogP contribution in [0.15, 0.2) is 23.1 Å². The maximum absolute atomic E-state index is 9.32. The van der Waals surface area contributed by atoms with E-state index in [0.717, 1.165) is 35.8 Å². The Labute approximate surface area is 119 Å². The van der Waals surface area contributed by atoms with Crippen LogP contribution in [0.25, 0.3) is 0 Å². The summed E-state index contributed by atoms with van der Waals surface area (Å²) in [6, 6.07) is 8.32. The lowest BCUT2D eigenvalue weighted by atomic mass is 9.82. The standard InChI is InChI=1S/C15H21N3S/c1-15(7-4-8-17-10-15)11-18-13-5-3-6-14(19-2)12(13)9-16/h3,5-6,17-18H,4,7-8,10-11H2,1-2H3. The van der Waals surface area contributed by atoms with E-state index in [1.54, 1.807) is 11.8 Å². The van der Waals surface area contributed by atoms with Crippen LogP contribution in [-0.2, 0) is 0 Å². The fourth-order valence-corrected chi connectivity index (χ4v) is 3.12. The van der Waals surface area contributed by atoms with Crippen LogP contribution in [-0.4, -0.2) is 25.9 Å². The molecule has 2 N–H and O–H groups in total. The van der Waals surface area contributed by atoms with Crippen molar-refractivity contribution in [3.8, 4) is 6.07 Å². The van der Waals surface area contributed by atoms with Crippen molar-refractivity contribution in [2.24, 2.45) is 5.41 Å². The molecule has 1 unspecified atom stereocenters. The second-order valence-corrected chi connectivity index (χ2v) is 6.29. The van der Waals surface area contributed by atoms with Gasteiger partial charge in [0.25, 0.3) is 0 Å². The maximum Gasteiger partial charge on any atom is 0.102 e. The minimum Gasteiger partial charge on any atom is -0.383 e. The van der Waals surface area contributed by atoms with E-state index in [-0.39, 0.29) is 5.41 Å². The zero-order valence-corrected chi connectivity index (χ0v) is 12.4. The van der Waals surface area contributed by atoms with Gasteiger partial charge in [-0.1, -0.05) is 13.0 Å². The molecule has 3 nitrogen and oxygen atoms in total. The molecule has 1 aromatic carbocycles. The van der Waals surface area contributed by atoms with E-state index in [1.165, 1.54) is 12.8 Å². The highest BCUT2D eigenvalue weighted by Crippen LogP contribution is 2.29. The van der Waals surface area contributed by atoms with E-state index in [4.69, 9.17) is 0 Å². The third-order valence-electron chi connectivity index (χ3n) is 3.75. The highest BCUT2D eigenvalue weighted by molar-refractivity contribution is 7.98. The fourth-order valence-electron chi connectivity index (χ4n) is 2.54. The maximum atomic E-state index is 9.32. The Hall–Kier alpha value is -1.18. The molecule has 1 fully saturated rings. The highest BCUT2D eigenvalue weighted by Gasteiger charge is 2.26. The van der Waals surface area contributed by atoms with E-state index in [2.05, 4.69) is 23.6 Å². The Morgan fingerprint density at radius 1 is 1.53 bits per heavy atom. The minimum atomic E-state index is 0.278. The van der Waals surface area contributed by atoms with Crippen LogP contribution in [0.1, 0.15) is 25.3 Å². The van der Waals surface area contributed by atoms with Crippen LogP contribution < -0.4 is 10.6 Å². The molecule has 0 spiro atoms. The first-order chi connectivity index (χ1) is 9.18. The molecule has 19 heavy (non-hydrogen) atoms. The van der Waals surface area contributed by atoms with Gasteiger partial charge in [-0.2, -0.15) is 5.26 Å². The summed E-state index contributed by atoms with van der Waals surface area (Å²) < 4.78 is 0. The SMILES string of the molecule is CSc1cccc(NCC2(C)CCCNC2)c1C#N. The van der Waals surface area contributed by atoms with Crippen molar-refractivity contribution in [1.29, 1.82) is 5.26 Å². The lowest BCUT2D eigenvalue weighted by Crippen LogP contribution is -2.42. The zero-order chi connectivity index (χ0) is 13.7. The number of anilines is 1. The third kappa shape index (κ3) is 3.43. The molecule has 1 aliphatic rings. The molecule has 1 aliphatic heterocycles. The molecule has 102 valence electrons. The van der Waals surface area contributed by atoms with Crippen molar-refractivity contribution >= 4 is 17.4 Å². The number of rotatable bonds is 4. The molecular formula is C15H21N3S. The van der Waals surface area contributed by atoms with Gasteiger partial charge >= 0.3 is 0 Å². The number of nitriles is 1.